The molecule has 0 radical (unpaired) electrons. The van der Waals surface area contributed by atoms with Crippen LogP contribution in [0.25, 0.3) is 5.65 Å². The zero-order chi connectivity index (χ0) is 10.1. The van der Waals surface area contributed by atoms with Crippen LogP contribution in [-0.4, -0.2) is 28.4 Å². The molecule has 2 aromatic rings. The van der Waals surface area contributed by atoms with E-state index in [1.807, 2.05) is 6.20 Å². The Labute approximate surface area is 84.0 Å². The number of rotatable bonds is 2. The summed E-state index contributed by atoms with van der Waals surface area (Å²) in [7, 11) is 4.13. The minimum Gasteiger partial charge on any atom is -0.304 e. The molecule has 0 fully saturated rings. The molecule has 74 valence electrons. The highest BCUT2D eigenvalue weighted by atomic mass is 15.1. The first kappa shape index (κ1) is 9.21. The topological polar surface area (TPSA) is 20.5 Å². The fourth-order valence-electron chi connectivity index (χ4n) is 1.64. The van der Waals surface area contributed by atoms with E-state index >= 15 is 0 Å². The van der Waals surface area contributed by atoms with Crippen molar-refractivity contribution < 1.29 is 0 Å². The molecule has 0 aliphatic heterocycles. The fraction of sp³-hybridized carbons (Fsp3) is 0.364. The van der Waals surface area contributed by atoms with E-state index in [0.717, 1.165) is 12.2 Å². The summed E-state index contributed by atoms with van der Waals surface area (Å²) >= 11 is 0. The minimum atomic E-state index is 0.921. The molecule has 0 unspecified atom stereocenters. The molecule has 0 amide bonds. The van der Waals surface area contributed by atoms with E-state index in [1.54, 1.807) is 0 Å². The lowest BCUT2D eigenvalue weighted by molar-refractivity contribution is 0.395. The lowest BCUT2D eigenvalue weighted by Crippen LogP contribution is -2.12. The molecule has 0 aliphatic rings. The zero-order valence-corrected chi connectivity index (χ0v) is 8.86. The average Bonchev–Trinajstić information content (AvgIpc) is 2.49. The second-order valence-corrected chi connectivity index (χ2v) is 3.87. The third-order valence-corrected chi connectivity index (χ3v) is 2.29. The molecule has 14 heavy (non-hydrogen) atoms. The van der Waals surface area contributed by atoms with Gasteiger partial charge >= 0.3 is 0 Å². The molecule has 0 saturated carbocycles. The average molecular weight is 189 g/mol. The van der Waals surface area contributed by atoms with Gasteiger partial charge in [-0.1, -0.05) is 6.07 Å². The first-order valence-corrected chi connectivity index (χ1v) is 4.75. The van der Waals surface area contributed by atoms with Gasteiger partial charge in [0.15, 0.2) is 0 Å². The molecule has 0 bridgehead atoms. The molecule has 2 heterocycles. The van der Waals surface area contributed by atoms with Gasteiger partial charge in [-0.15, -0.1) is 0 Å². The predicted molar refractivity (Wildman–Crippen MR) is 57.3 cm³/mol. The van der Waals surface area contributed by atoms with E-state index < -0.39 is 0 Å². The largest absolute Gasteiger partial charge is 0.304 e. The Bertz CT molecular complexity index is 443. The number of hydrogen-bond donors (Lipinski definition) is 0. The Morgan fingerprint density at radius 2 is 2.21 bits per heavy atom. The predicted octanol–water partition coefficient (Wildman–Crippen LogP) is 1.70. The van der Waals surface area contributed by atoms with Crippen molar-refractivity contribution >= 4 is 5.65 Å². The summed E-state index contributed by atoms with van der Waals surface area (Å²) in [6.45, 7) is 3.01. The first-order valence-electron chi connectivity index (χ1n) is 4.75. The van der Waals surface area contributed by atoms with Crippen LogP contribution in [-0.2, 0) is 6.54 Å². The highest BCUT2D eigenvalue weighted by molar-refractivity contribution is 5.48. The number of fused-ring (bicyclic) bond motifs is 1. The quantitative estimate of drug-likeness (QED) is 0.716. The maximum absolute atomic E-state index is 4.41. The summed E-state index contributed by atoms with van der Waals surface area (Å²) in [5.41, 5.74) is 3.51. The maximum Gasteiger partial charge on any atom is 0.139 e. The molecule has 0 saturated heterocycles. The van der Waals surface area contributed by atoms with Crippen molar-refractivity contribution in [3.05, 3.63) is 35.8 Å². The lowest BCUT2D eigenvalue weighted by Gasteiger charge is -2.08. The van der Waals surface area contributed by atoms with Crippen LogP contribution in [0, 0.1) is 6.92 Å². The van der Waals surface area contributed by atoms with Gasteiger partial charge < -0.3 is 9.30 Å². The number of aromatic nitrogens is 2. The number of nitrogens with zero attached hydrogens (tertiary/aromatic N) is 3. The van der Waals surface area contributed by atoms with E-state index in [1.165, 1.54) is 11.3 Å². The molecule has 0 aliphatic carbocycles. The lowest BCUT2D eigenvalue weighted by atomic mass is 10.3. The second kappa shape index (κ2) is 3.42. The molecular formula is C11H15N3. The van der Waals surface area contributed by atoms with Gasteiger partial charge in [0.25, 0.3) is 0 Å². The van der Waals surface area contributed by atoms with Crippen molar-refractivity contribution in [1.29, 1.82) is 0 Å². The number of pyridine rings is 1. The molecule has 0 atom stereocenters. The zero-order valence-electron chi connectivity index (χ0n) is 8.86. The Balaban J connectivity index is 2.52. The third kappa shape index (κ3) is 1.51. The monoisotopic (exact) mass is 189 g/mol. The van der Waals surface area contributed by atoms with Gasteiger partial charge in [0.05, 0.1) is 11.9 Å². The van der Waals surface area contributed by atoms with Gasteiger partial charge in [-0.05, 0) is 32.6 Å². The molecule has 3 nitrogen and oxygen atoms in total. The van der Waals surface area contributed by atoms with Crippen LogP contribution in [0.15, 0.2) is 24.5 Å². The molecular weight excluding hydrogens is 174 g/mol. The van der Waals surface area contributed by atoms with Crippen molar-refractivity contribution in [3.63, 3.8) is 0 Å². The molecule has 0 spiro atoms. The van der Waals surface area contributed by atoms with Crippen LogP contribution in [0.4, 0.5) is 0 Å². The second-order valence-electron chi connectivity index (χ2n) is 3.87. The van der Waals surface area contributed by atoms with Crippen LogP contribution in [0.5, 0.6) is 0 Å². The van der Waals surface area contributed by atoms with Crippen LogP contribution in [0.1, 0.15) is 11.3 Å². The summed E-state index contributed by atoms with van der Waals surface area (Å²) in [5.74, 6) is 0. The van der Waals surface area contributed by atoms with Gasteiger partial charge in [-0.3, -0.25) is 0 Å². The fourth-order valence-corrected chi connectivity index (χ4v) is 1.64. The Morgan fingerprint density at radius 1 is 1.43 bits per heavy atom. The Hall–Kier alpha value is -1.35. The maximum atomic E-state index is 4.41. The van der Waals surface area contributed by atoms with Crippen LogP contribution >= 0.6 is 0 Å². The summed E-state index contributed by atoms with van der Waals surface area (Å²) < 4.78 is 2.15. The van der Waals surface area contributed by atoms with Gasteiger partial charge in [0, 0.05) is 12.7 Å². The first-order chi connectivity index (χ1) is 6.68. The van der Waals surface area contributed by atoms with Gasteiger partial charge in [0.2, 0.25) is 0 Å². The number of aryl methyl sites for hydroxylation is 1. The van der Waals surface area contributed by atoms with Crippen molar-refractivity contribution in [2.75, 3.05) is 14.1 Å². The Kier molecular flexibility index (Phi) is 2.25. The highest BCUT2D eigenvalue weighted by Gasteiger charge is 2.04. The minimum absolute atomic E-state index is 0.921. The van der Waals surface area contributed by atoms with Gasteiger partial charge in [-0.2, -0.15) is 0 Å². The van der Waals surface area contributed by atoms with Crippen LogP contribution in [0.3, 0.4) is 0 Å². The van der Waals surface area contributed by atoms with Crippen molar-refractivity contribution in [2.24, 2.45) is 0 Å². The normalized spacial score (nSPS) is 11.4. The number of hydrogen-bond acceptors (Lipinski definition) is 2. The third-order valence-electron chi connectivity index (χ3n) is 2.29. The standard InChI is InChI=1S/C11H15N3/c1-9-5-4-6-14-10(8-13(2)3)7-12-11(9)14/h4-7H,8H2,1-3H3. The summed E-state index contributed by atoms with van der Waals surface area (Å²) in [6, 6.07) is 4.14. The van der Waals surface area contributed by atoms with Gasteiger partial charge in [0.1, 0.15) is 5.65 Å². The summed E-state index contributed by atoms with van der Waals surface area (Å²) in [6.07, 6.45) is 4.01. The van der Waals surface area contributed by atoms with E-state index in [-0.39, 0.29) is 0 Å². The molecule has 3 heteroatoms. The van der Waals surface area contributed by atoms with E-state index in [0.29, 0.717) is 0 Å². The molecule has 2 rings (SSSR count). The Morgan fingerprint density at radius 3 is 2.93 bits per heavy atom. The van der Waals surface area contributed by atoms with Crippen molar-refractivity contribution in [2.45, 2.75) is 13.5 Å². The van der Waals surface area contributed by atoms with Crippen molar-refractivity contribution in [3.8, 4) is 0 Å². The smallest absolute Gasteiger partial charge is 0.139 e. The molecule has 2 aromatic heterocycles. The SMILES string of the molecule is Cc1cccn2c(CN(C)C)cnc12. The van der Waals surface area contributed by atoms with Crippen LogP contribution < -0.4 is 0 Å². The summed E-state index contributed by atoms with van der Waals surface area (Å²) in [5, 5.41) is 0. The molecule has 0 N–H and O–H groups in total. The van der Waals surface area contributed by atoms with E-state index in [2.05, 4.69) is 53.6 Å². The van der Waals surface area contributed by atoms with E-state index in [9.17, 15) is 0 Å². The van der Waals surface area contributed by atoms with Gasteiger partial charge in [-0.25, -0.2) is 4.98 Å². The van der Waals surface area contributed by atoms with Crippen molar-refractivity contribution in [1.82, 2.24) is 14.3 Å². The molecule has 0 aromatic carbocycles. The van der Waals surface area contributed by atoms with Crippen LogP contribution in [0.2, 0.25) is 0 Å². The summed E-state index contributed by atoms with van der Waals surface area (Å²) in [4.78, 5) is 6.55. The number of imidazole rings is 1. The van der Waals surface area contributed by atoms with E-state index in [4.69, 9.17) is 0 Å². The highest BCUT2D eigenvalue weighted by Crippen LogP contribution is 2.11.